The van der Waals surface area contributed by atoms with Gasteiger partial charge in [-0.3, -0.25) is 9.59 Å². The van der Waals surface area contributed by atoms with Crippen molar-refractivity contribution in [1.29, 1.82) is 0 Å². The van der Waals surface area contributed by atoms with E-state index in [4.69, 9.17) is 0 Å². The molecule has 1 aromatic carbocycles. The van der Waals surface area contributed by atoms with Crippen LogP contribution in [0.25, 0.3) is 0 Å². The zero-order chi connectivity index (χ0) is 15.8. The van der Waals surface area contributed by atoms with Gasteiger partial charge >= 0.3 is 11.8 Å². The Balaban J connectivity index is 1.72. The van der Waals surface area contributed by atoms with Gasteiger partial charge in [-0.15, -0.1) is 0 Å². The second-order valence-corrected chi connectivity index (χ2v) is 5.62. The van der Waals surface area contributed by atoms with Gasteiger partial charge in [0.1, 0.15) is 0 Å². The summed E-state index contributed by atoms with van der Waals surface area (Å²) in [6, 6.07) is 8.46. The Hall–Kier alpha value is -2.04. The molecule has 5 heteroatoms. The SMILES string of the molecule is CCCNC(=O)C(=O)NCCc1ccc(N2CCCC2)cc1. The number of nitrogens with one attached hydrogen (secondary N) is 2. The summed E-state index contributed by atoms with van der Waals surface area (Å²) < 4.78 is 0. The zero-order valence-corrected chi connectivity index (χ0v) is 13.2. The van der Waals surface area contributed by atoms with E-state index in [1.165, 1.54) is 18.5 Å². The molecule has 0 aromatic heterocycles. The maximum atomic E-state index is 11.5. The number of carbonyl (C=O) groups excluding carboxylic acids is 2. The summed E-state index contributed by atoms with van der Waals surface area (Å²) in [6.45, 7) is 5.24. The standard InChI is InChI=1S/C17H25N3O2/c1-2-10-18-16(21)17(22)19-11-9-14-5-7-15(8-6-14)20-12-3-4-13-20/h5-8H,2-4,9-13H2,1H3,(H,18,21)(H,19,22). The topological polar surface area (TPSA) is 61.4 Å². The van der Waals surface area contributed by atoms with Crippen molar-refractivity contribution in [2.75, 3.05) is 31.1 Å². The summed E-state index contributed by atoms with van der Waals surface area (Å²) in [5.74, 6) is -1.10. The molecule has 120 valence electrons. The third-order valence-electron chi connectivity index (χ3n) is 3.85. The van der Waals surface area contributed by atoms with Crippen molar-refractivity contribution in [2.24, 2.45) is 0 Å². The molecule has 0 atom stereocenters. The van der Waals surface area contributed by atoms with Gasteiger partial charge in [0.25, 0.3) is 0 Å². The molecule has 1 saturated heterocycles. The molecule has 2 rings (SSSR count). The molecule has 0 bridgehead atoms. The lowest BCUT2D eigenvalue weighted by molar-refractivity contribution is -0.139. The van der Waals surface area contributed by atoms with Crippen LogP contribution in [0.5, 0.6) is 0 Å². The lowest BCUT2D eigenvalue weighted by Crippen LogP contribution is -2.40. The van der Waals surface area contributed by atoms with Gasteiger partial charge < -0.3 is 15.5 Å². The summed E-state index contributed by atoms with van der Waals surface area (Å²) in [6.07, 6.45) is 4.09. The fourth-order valence-corrected chi connectivity index (χ4v) is 2.57. The van der Waals surface area contributed by atoms with Gasteiger partial charge in [-0.25, -0.2) is 0 Å². The predicted molar refractivity (Wildman–Crippen MR) is 87.9 cm³/mol. The smallest absolute Gasteiger partial charge is 0.309 e. The van der Waals surface area contributed by atoms with Crippen molar-refractivity contribution >= 4 is 17.5 Å². The van der Waals surface area contributed by atoms with Gasteiger partial charge in [0.05, 0.1) is 0 Å². The largest absolute Gasteiger partial charge is 0.372 e. The van der Waals surface area contributed by atoms with Crippen molar-refractivity contribution < 1.29 is 9.59 Å². The molecule has 2 N–H and O–H groups in total. The van der Waals surface area contributed by atoms with Crippen molar-refractivity contribution in [3.63, 3.8) is 0 Å². The number of hydrogen-bond donors (Lipinski definition) is 2. The molecule has 1 aliphatic rings. The second-order valence-electron chi connectivity index (χ2n) is 5.62. The van der Waals surface area contributed by atoms with Crippen LogP contribution in [0.1, 0.15) is 31.7 Å². The van der Waals surface area contributed by atoms with Crippen LogP contribution >= 0.6 is 0 Å². The number of anilines is 1. The number of amides is 2. The monoisotopic (exact) mass is 303 g/mol. The van der Waals surface area contributed by atoms with Crippen LogP contribution in [0.4, 0.5) is 5.69 Å². The van der Waals surface area contributed by atoms with Crippen LogP contribution in [0.3, 0.4) is 0 Å². The Morgan fingerprint density at radius 2 is 1.59 bits per heavy atom. The first-order valence-electron chi connectivity index (χ1n) is 8.10. The van der Waals surface area contributed by atoms with Crippen LogP contribution in [0, 0.1) is 0 Å². The fourth-order valence-electron chi connectivity index (χ4n) is 2.57. The Labute approximate surface area is 132 Å². The molecule has 0 aliphatic carbocycles. The minimum atomic E-state index is -0.554. The highest BCUT2D eigenvalue weighted by Gasteiger charge is 2.13. The summed E-state index contributed by atoms with van der Waals surface area (Å²) in [5.41, 5.74) is 2.43. The number of benzene rings is 1. The first-order chi connectivity index (χ1) is 10.7. The molecule has 1 aliphatic heterocycles. The summed E-state index contributed by atoms with van der Waals surface area (Å²) in [4.78, 5) is 25.3. The van der Waals surface area contributed by atoms with E-state index in [1.54, 1.807) is 0 Å². The molecule has 2 amide bonds. The Morgan fingerprint density at radius 3 is 2.18 bits per heavy atom. The summed E-state index contributed by atoms with van der Waals surface area (Å²) >= 11 is 0. The lowest BCUT2D eigenvalue weighted by Gasteiger charge is -2.17. The average Bonchev–Trinajstić information content (AvgIpc) is 3.07. The van der Waals surface area contributed by atoms with Gasteiger partial charge in [0, 0.05) is 31.9 Å². The normalized spacial score (nSPS) is 14.0. The molecule has 1 aromatic rings. The number of nitrogens with zero attached hydrogens (tertiary/aromatic N) is 1. The molecule has 5 nitrogen and oxygen atoms in total. The average molecular weight is 303 g/mol. The summed E-state index contributed by atoms with van der Waals surface area (Å²) in [5, 5.41) is 5.21. The van der Waals surface area contributed by atoms with Crippen LogP contribution in [0.15, 0.2) is 24.3 Å². The zero-order valence-electron chi connectivity index (χ0n) is 13.2. The fraction of sp³-hybridized carbons (Fsp3) is 0.529. The molecule has 1 heterocycles. The predicted octanol–water partition coefficient (Wildman–Crippen LogP) is 1.47. The van der Waals surface area contributed by atoms with Crippen LogP contribution < -0.4 is 15.5 Å². The first-order valence-corrected chi connectivity index (χ1v) is 8.10. The van der Waals surface area contributed by atoms with Crippen molar-refractivity contribution in [2.45, 2.75) is 32.6 Å². The van der Waals surface area contributed by atoms with Gasteiger partial charge in [-0.1, -0.05) is 19.1 Å². The van der Waals surface area contributed by atoms with E-state index < -0.39 is 11.8 Å². The molecular formula is C17H25N3O2. The molecule has 22 heavy (non-hydrogen) atoms. The van der Waals surface area contributed by atoms with Gasteiger partial charge in [-0.2, -0.15) is 0 Å². The molecule has 0 saturated carbocycles. The Kier molecular flexibility index (Phi) is 6.25. The van der Waals surface area contributed by atoms with Crippen molar-refractivity contribution in [3.8, 4) is 0 Å². The van der Waals surface area contributed by atoms with E-state index in [2.05, 4.69) is 39.8 Å². The highest BCUT2D eigenvalue weighted by molar-refractivity contribution is 6.35. The molecule has 0 spiro atoms. The molecule has 0 radical (unpaired) electrons. The number of hydrogen-bond acceptors (Lipinski definition) is 3. The molecule has 0 unspecified atom stereocenters. The minimum Gasteiger partial charge on any atom is -0.372 e. The van der Waals surface area contributed by atoms with Gasteiger partial charge in [0.2, 0.25) is 0 Å². The molecule has 1 fully saturated rings. The van der Waals surface area contributed by atoms with Gasteiger partial charge in [0.15, 0.2) is 0 Å². The quantitative estimate of drug-likeness (QED) is 0.782. The minimum absolute atomic E-state index is 0.474. The summed E-state index contributed by atoms with van der Waals surface area (Å²) in [7, 11) is 0. The van der Waals surface area contributed by atoms with E-state index in [9.17, 15) is 9.59 Å². The van der Waals surface area contributed by atoms with E-state index in [0.717, 1.165) is 31.5 Å². The maximum absolute atomic E-state index is 11.5. The van der Waals surface area contributed by atoms with E-state index in [1.807, 2.05) is 6.92 Å². The number of rotatable bonds is 6. The van der Waals surface area contributed by atoms with E-state index >= 15 is 0 Å². The first kappa shape index (κ1) is 16.3. The Morgan fingerprint density at radius 1 is 1.00 bits per heavy atom. The maximum Gasteiger partial charge on any atom is 0.309 e. The van der Waals surface area contributed by atoms with Crippen LogP contribution in [-0.2, 0) is 16.0 Å². The van der Waals surface area contributed by atoms with E-state index in [-0.39, 0.29) is 0 Å². The van der Waals surface area contributed by atoms with Crippen LogP contribution in [0.2, 0.25) is 0 Å². The van der Waals surface area contributed by atoms with Gasteiger partial charge in [-0.05, 0) is 43.4 Å². The van der Waals surface area contributed by atoms with Crippen molar-refractivity contribution in [3.05, 3.63) is 29.8 Å². The Bertz CT molecular complexity index is 493. The second kappa shape index (κ2) is 8.41. The van der Waals surface area contributed by atoms with Crippen LogP contribution in [-0.4, -0.2) is 38.0 Å². The molecular weight excluding hydrogens is 278 g/mol. The highest BCUT2D eigenvalue weighted by atomic mass is 16.2. The lowest BCUT2D eigenvalue weighted by atomic mass is 10.1. The highest BCUT2D eigenvalue weighted by Crippen LogP contribution is 2.20. The third-order valence-corrected chi connectivity index (χ3v) is 3.85. The third kappa shape index (κ3) is 4.76. The van der Waals surface area contributed by atoms with Crippen molar-refractivity contribution in [1.82, 2.24) is 10.6 Å². The van der Waals surface area contributed by atoms with E-state index in [0.29, 0.717) is 13.1 Å². The number of carbonyl (C=O) groups is 2.